The summed E-state index contributed by atoms with van der Waals surface area (Å²) in [6.07, 6.45) is 0.799. The Balaban J connectivity index is 3.06. The molecule has 6 nitrogen and oxygen atoms in total. The van der Waals surface area contributed by atoms with Crippen LogP contribution in [0, 0.1) is 12.7 Å². The number of hydrazine groups is 1. The first kappa shape index (κ1) is 14.0. The third kappa shape index (κ3) is 4.04. The minimum atomic E-state index is -4.05. The molecule has 96 valence electrons. The highest BCUT2D eigenvalue weighted by Crippen LogP contribution is 2.15. The summed E-state index contributed by atoms with van der Waals surface area (Å²) in [7, 11) is -7.75. The van der Waals surface area contributed by atoms with E-state index in [0.29, 0.717) is 0 Å². The van der Waals surface area contributed by atoms with Crippen LogP contribution >= 0.6 is 0 Å². The lowest BCUT2D eigenvalue weighted by atomic mass is 10.2. The van der Waals surface area contributed by atoms with E-state index in [0.717, 1.165) is 24.5 Å². The van der Waals surface area contributed by atoms with E-state index >= 15 is 0 Å². The molecule has 1 rings (SSSR count). The molecule has 0 fully saturated rings. The van der Waals surface area contributed by atoms with Gasteiger partial charge in [0.1, 0.15) is 5.82 Å². The van der Waals surface area contributed by atoms with Gasteiger partial charge in [0, 0.05) is 0 Å². The summed E-state index contributed by atoms with van der Waals surface area (Å²) in [6.45, 7) is 1.40. The molecule has 0 aliphatic carbocycles. The molecule has 17 heavy (non-hydrogen) atoms. The van der Waals surface area contributed by atoms with Crippen molar-refractivity contribution in [1.29, 1.82) is 0 Å². The van der Waals surface area contributed by atoms with Crippen molar-refractivity contribution in [1.82, 2.24) is 9.66 Å². The van der Waals surface area contributed by atoms with Crippen molar-refractivity contribution in [2.24, 2.45) is 0 Å². The average Bonchev–Trinajstić information content (AvgIpc) is 2.13. The van der Waals surface area contributed by atoms with Crippen LogP contribution in [0.3, 0.4) is 0 Å². The van der Waals surface area contributed by atoms with Crippen molar-refractivity contribution in [3.05, 3.63) is 29.6 Å². The molecule has 0 radical (unpaired) electrons. The van der Waals surface area contributed by atoms with Gasteiger partial charge in [-0.05, 0) is 30.7 Å². The van der Waals surface area contributed by atoms with Gasteiger partial charge in [0.15, 0.2) is 0 Å². The zero-order valence-electron chi connectivity index (χ0n) is 9.06. The molecule has 0 heterocycles. The van der Waals surface area contributed by atoms with Gasteiger partial charge < -0.3 is 0 Å². The molecule has 2 N–H and O–H groups in total. The van der Waals surface area contributed by atoms with Crippen molar-refractivity contribution in [3.63, 3.8) is 0 Å². The van der Waals surface area contributed by atoms with Gasteiger partial charge in [-0.2, -0.15) is 0 Å². The molecule has 0 amide bonds. The number of hydrogen-bond donors (Lipinski definition) is 2. The molecule has 0 bridgehead atoms. The maximum absolute atomic E-state index is 12.8. The van der Waals surface area contributed by atoms with Gasteiger partial charge in [0.2, 0.25) is 10.0 Å². The Bertz CT molecular complexity index is 625. The molecule has 0 atom stereocenters. The molecular formula is C8H11FN2O4S2. The Morgan fingerprint density at radius 2 is 1.71 bits per heavy atom. The Hall–Kier alpha value is -1.03. The lowest BCUT2D eigenvalue weighted by Gasteiger charge is -2.09. The zero-order valence-corrected chi connectivity index (χ0v) is 10.7. The molecule has 0 aliphatic rings. The number of halogens is 1. The van der Waals surface area contributed by atoms with Crippen molar-refractivity contribution < 1.29 is 21.2 Å². The maximum Gasteiger partial charge on any atom is 0.254 e. The van der Waals surface area contributed by atoms with Crippen LogP contribution in [0.4, 0.5) is 4.39 Å². The van der Waals surface area contributed by atoms with Crippen molar-refractivity contribution in [3.8, 4) is 0 Å². The van der Waals surface area contributed by atoms with Crippen molar-refractivity contribution >= 4 is 20.0 Å². The highest BCUT2D eigenvalue weighted by Gasteiger charge is 2.18. The molecule has 0 saturated heterocycles. The largest absolute Gasteiger partial charge is 0.254 e. The van der Waals surface area contributed by atoms with E-state index in [1.54, 1.807) is 9.66 Å². The molecule has 1 aromatic rings. The van der Waals surface area contributed by atoms with Crippen molar-refractivity contribution in [2.75, 3.05) is 6.26 Å². The second kappa shape index (κ2) is 4.69. The summed E-state index contributed by atoms with van der Waals surface area (Å²) in [4.78, 5) is 3.13. The number of aryl methyl sites for hydroxylation is 1. The van der Waals surface area contributed by atoms with E-state index in [4.69, 9.17) is 0 Å². The first-order valence-electron chi connectivity index (χ1n) is 4.36. The van der Waals surface area contributed by atoms with Gasteiger partial charge in [0.25, 0.3) is 10.0 Å². The van der Waals surface area contributed by atoms with Gasteiger partial charge in [-0.25, -0.2) is 21.2 Å². The summed E-state index contributed by atoms with van der Waals surface area (Å²) >= 11 is 0. The first-order chi connectivity index (χ1) is 7.62. The van der Waals surface area contributed by atoms with Crippen LogP contribution in [0.25, 0.3) is 0 Å². The smallest absolute Gasteiger partial charge is 0.211 e. The van der Waals surface area contributed by atoms with E-state index in [-0.39, 0.29) is 10.5 Å². The van der Waals surface area contributed by atoms with Crippen LogP contribution in [0.1, 0.15) is 5.56 Å². The average molecular weight is 282 g/mol. The van der Waals surface area contributed by atoms with Crippen LogP contribution in [-0.2, 0) is 20.0 Å². The highest BCUT2D eigenvalue weighted by atomic mass is 32.2. The van der Waals surface area contributed by atoms with E-state index < -0.39 is 25.9 Å². The van der Waals surface area contributed by atoms with E-state index in [9.17, 15) is 21.2 Å². The normalized spacial score (nSPS) is 12.6. The number of hydrogen-bond acceptors (Lipinski definition) is 4. The zero-order chi connectivity index (χ0) is 13.3. The predicted molar refractivity (Wildman–Crippen MR) is 59.4 cm³/mol. The molecule has 0 spiro atoms. The molecule has 9 heteroatoms. The highest BCUT2D eigenvalue weighted by molar-refractivity contribution is 7.92. The maximum atomic E-state index is 12.8. The Morgan fingerprint density at radius 3 is 2.18 bits per heavy atom. The molecule has 0 saturated carbocycles. The fraction of sp³-hybridized carbons (Fsp3) is 0.250. The lowest BCUT2D eigenvalue weighted by Crippen LogP contribution is -2.41. The second-order valence-electron chi connectivity index (χ2n) is 3.39. The number of nitrogens with one attached hydrogen (secondary N) is 2. The predicted octanol–water partition coefficient (Wildman–Crippen LogP) is -0.123. The minimum absolute atomic E-state index is 0.174. The second-order valence-corrected chi connectivity index (χ2v) is 6.79. The standard InChI is InChI=1S/C8H11FN2O4S2/c1-6-5-7(9)3-4-8(6)17(14,15)11-10-16(2,12)13/h3-5,10-11H,1-2H3. The topological polar surface area (TPSA) is 92.3 Å². The monoisotopic (exact) mass is 282 g/mol. The Labute approximate surface area is 98.9 Å². The third-order valence-electron chi connectivity index (χ3n) is 1.79. The van der Waals surface area contributed by atoms with Gasteiger partial charge in [-0.1, -0.05) is 0 Å². The molecular weight excluding hydrogens is 271 g/mol. The quantitative estimate of drug-likeness (QED) is 0.753. The van der Waals surface area contributed by atoms with Crippen LogP contribution < -0.4 is 9.66 Å². The third-order valence-corrected chi connectivity index (χ3v) is 3.80. The van der Waals surface area contributed by atoms with Gasteiger partial charge in [-0.15, -0.1) is 9.66 Å². The fourth-order valence-electron chi connectivity index (χ4n) is 1.10. The molecule has 0 unspecified atom stereocenters. The minimum Gasteiger partial charge on any atom is -0.211 e. The molecule has 0 aliphatic heterocycles. The number of sulfonamides is 2. The summed E-state index contributed by atoms with van der Waals surface area (Å²) in [5.41, 5.74) is 0.174. The molecule has 0 aromatic heterocycles. The Morgan fingerprint density at radius 1 is 1.12 bits per heavy atom. The van der Waals surface area contributed by atoms with Crippen LogP contribution in [0.5, 0.6) is 0 Å². The van der Waals surface area contributed by atoms with Gasteiger partial charge >= 0.3 is 0 Å². The van der Waals surface area contributed by atoms with E-state index in [1.165, 1.54) is 6.92 Å². The summed E-state index contributed by atoms with van der Waals surface area (Å²) in [5, 5.41) is 0. The van der Waals surface area contributed by atoms with Gasteiger partial charge in [0.05, 0.1) is 11.2 Å². The van der Waals surface area contributed by atoms with Crippen LogP contribution in [0.15, 0.2) is 23.1 Å². The molecule has 1 aromatic carbocycles. The summed E-state index contributed by atoms with van der Waals surface area (Å²) < 4.78 is 57.6. The fourth-order valence-corrected chi connectivity index (χ4v) is 2.98. The van der Waals surface area contributed by atoms with E-state index in [1.807, 2.05) is 0 Å². The lowest BCUT2D eigenvalue weighted by molar-refractivity contribution is 0.560. The van der Waals surface area contributed by atoms with Gasteiger partial charge in [-0.3, -0.25) is 0 Å². The Kier molecular flexibility index (Phi) is 3.87. The SMILES string of the molecule is Cc1cc(F)ccc1S(=O)(=O)NNS(C)(=O)=O. The number of benzene rings is 1. The summed E-state index contributed by atoms with van der Waals surface area (Å²) in [5.74, 6) is -0.572. The number of rotatable bonds is 4. The van der Waals surface area contributed by atoms with E-state index in [2.05, 4.69) is 0 Å². The van der Waals surface area contributed by atoms with Crippen LogP contribution in [0.2, 0.25) is 0 Å². The summed E-state index contributed by atoms with van der Waals surface area (Å²) in [6, 6.07) is 3.06. The first-order valence-corrected chi connectivity index (χ1v) is 7.74. The van der Waals surface area contributed by atoms with Crippen molar-refractivity contribution in [2.45, 2.75) is 11.8 Å². The van der Waals surface area contributed by atoms with Crippen LogP contribution in [-0.4, -0.2) is 23.1 Å².